The van der Waals surface area contributed by atoms with E-state index in [0.29, 0.717) is 12.1 Å². The van der Waals surface area contributed by atoms with Gasteiger partial charge >= 0.3 is 0 Å². The van der Waals surface area contributed by atoms with Gasteiger partial charge in [0.1, 0.15) is 5.82 Å². The first-order valence-electron chi connectivity index (χ1n) is 6.38. The van der Waals surface area contributed by atoms with Gasteiger partial charge in [-0.3, -0.25) is 0 Å². The Morgan fingerprint density at radius 1 is 1.35 bits per heavy atom. The third-order valence-corrected chi connectivity index (χ3v) is 3.11. The third-order valence-electron chi connectivity index (χ3n) is 3.11. The summed E-state index contributed by atoms with van der Waals surface area (Å²) in [5.74, 6) is -0.918. The maximum absolute atomic E-state index is 13.0. The standard InChI is InChI=1S/C14H17F2N3O/c1-19-7-6-18-14(19)4-5-17-9-13(20)10-2-3-11(15)12(16)8-10/h2-3,6-8,13,17,20H,4-5,9H2,1H3. The maximum Gasteiger partial charge on any atom is 0.159 e. The van der Waals surface area contributed by atoms with Gasteiger partial charge in [-0.15, -0.1) is 0 Å². The lowest BCUT2D eigenvalue weighted by Crippen LogP contribution is -2.24. The molecule has 0 radical (unpaired) electrons. The molecule has 2 N–H and O–H groups in total. The minimum Gasteiger partial charge on any atom is -0.387 e. The number of aliphatic hydroxyl groups excluding tert-OH is 1. The Hall–Kier alpha value is -1.79. The smallest absolute Gasteiger partial charge is 0.159 e. The second-order valence-electron chi connectivity index (χ2n) is 4.60. The molecular formula is C14H17F2N3O. The largest absolute Gasteiger partial charge is 0.387 e. The number of hydrogen-bond acceptors (Lipinski definition) is 3. The van der Waals surface area contributed by atoms with Crippen LogP contribution in [0.15, 0.2) is 30.6 Å². The lowest BCUT2D eigenvalue weighted by molar-refractivity contribution is 0.174. The van der Waals surface area contributed by atoms with Crippen LogP contribution in [0, 0.1) is 11.6 Å². The normalized spacial score (nSPS) is 12.6. The average Bonchev–Trinajstić information content (AvgIpc) is 2.83. The molecule has 1 heterocycles. The van der Waals surface area contributed by atoms with Gasteiger partial charge in [0, 0.05) is 39.0 Å². The summed E-state index contributed by atoms with van der Waals surface area (Å²) >= 11 is 0. The highest BCUT2D eigenvalue weighted by molar-refractivity contribution is 5.20. The van der Waals surface area contributed by atoms with E-state index in [1.807, 2.05) is 17.8 Å². The number of aromatic nitrogens is 2. The molecule has 2 rings (SSSR count). The van der Waals surface area contributed by atoms with Crippen molar-refractivity contribution < 1.29 is 13.9 Å². The first-order valence-corrected chi connectivity index (χ1v) is 6.38. The average molecular weight is 281 g/mol. The van der Waals surface area contributed by atoms with E-state index in [1.165, 1.54) is 6.07 Å². The van der Waals surface area contributed by atoms with E-state index in [1.54, 1.807) is 6.20 Å². The Kier molecular flexibility index (Phi) is 4.81. The zero-order valence-electron chi connectivity index (χ0n) is 11.2. The second-order valence-corrected chi connectivity index (χ2v) is 4.60. The summed E-state index contributed by atoms with van der Waals surface area (Å²) < 4.78 is 27.7. The number of aryl methyl sites for hydroxylation is 1. The zero-order chi connectivity index (χ0) is 14.5. The van der Waals surface area contributed by atoms with Crippen molar-refractivity contribution in [3.8, 4) is 0 Å². The number of rotatable bonds is 6. The van der Waals surface area contributed by atoms with Crippen LogP contribution in [0.2, 0.25) is 0 Å². The van der Waals surface area contributed by atoms with E-state index in [9.17, 15) is 13.9 Å². The Bertz CT molecular complexity index is 571. The molecule has 20 heavy (non-hydrogen) atoms. The molecule has 0 aliphatic carbocycles. The SMILES string of the molecule is Cn1ccnc1CCNCC(O)c1ccc(F)c(F)c1. The first-order chi connectivity index (χ1) is 9.58. The number of nitrogens with one attached hydrogen (secondary N) is 1. The Balaban J connectivity index is 1.79. The summed E-state index contributed by atoms with van der Waals surface area (Å²) in [4.78, 5) is 4.18. The van der Waals surface area contributed by atoms with Crippen molar-refractivity contribution in [1.82, 2.24) is 14.9 Å². The number of imidazole rings is 1. The number of aliphatic hydroxyl groups is 1. The van der Waals surface area contributed by atoms with Crippen molar-refractivity contribution >= 4 is 0 Å². The molecule has 0 aliphatic rings. The molecule has 1 atom stereocenters. The Morgan fingerprint density at radius 3 is 2.80 bits per heavy atom. The van der Waals surface area contributed by atoms with Crippen molar-refractivity contribution in [2.24, 2.45) is 7.05 Å². The van der Waals surface area contributed by atoms with E-state index in [2.05, 4.69) is 10.3 Å². The Labute approximate surface area is 116 Å². The third kappa shape index (κ3) is 3.61. The maximum atomic E-state index is 13.0. The van der Waals surface area contributed by atoms with Crippen LogP contribution in [0.3, 0.4) is 0 Å². The first kappa shape index (κ1) is 14.6. The lowest BCUT2D eigenvalue weighted by Gasteiger charge is -2.12. The van der Waals surface area contributed by atoms with Crippen LogP contribution in [0.4, 0.5) is 8.78 Å². The van der Waals surface area contributed by atoms with Crippen LogP contribution >= 0.6 is 0 Å². The molecule has 0 fully saturated rings. The van der Waals surface area contributed by atoms with Gasteiger partial charge in [-0.05, 0) is 17.7 Å². The predicted octanol–water partition coefficient (Wildman–Crippen LogP) is 1.56. The molecule has 0 amide bonds. The predicted molar refractivity (Wildman–Crippen MR) is 71.1 cm³/mol. The number of hydrogen-bond donors (Lipinski definition) is 2. The molecule has 4 nitrogen and oxygen atoms in total. The molecule has 0 saturated heterocycles. The number of nitrogens with zero attached hydrogens (tertiary/aromatic N) is 2. The molecule has 1 aromatic carbocycles. The fourth-order valence-corrected chi connectivity index (χ4v) is 1.91. The van der Waals surface area contributed by atoms with Gasteiger partial charge < -0.3 is 15.0 Å². The molecule has 0 spiro atoms. The van der Waals surface area contributed by atoms with Crippen LogP contribution in [-0.4, -0.2) is 27.7 Å². The van der Waals surface area contributed by atoms with Gasteiger partial charge in [-0.2, -0.15) is 0 Å². The van der Waals surface area contributed by atoms with E-state index in [0.717, 1.165) is 24.4 Å². The van der Waals surface area contributed by atoms with Crippen molar-refractivity contribution in [1.29, 1.82) is 0 Å². The summed E-state index contributed by atoms with van der Waals surface area (Å²) in [6.07, 6.45) is 3.46. The Morgan fingerprint density at radius 2 is 2.15 bits per heavy atom. The van der Waals surface area contributed by atoms with Crippen LogP contribution in [0.25, 0.3) is 0 Å². The van der Waals surface area contributed by atoms with Crippen LogP contribution in [0.5, 0.6) is 0 Å². The van der Waals surface area contributed by atoms with Crippen LogP contribution in [0.1, 0.15) is 17.5 Å². The van der Waals surface area contributed by atoms with E-state index in [4.69, 9.17) is 0 Å². The van der Waals surface area contributed by atoms with Crippen molar-refractivity contribution in [2.45, 2.75) is 12.5 Å². The quantitative estimate of drug-likeness (QED) is 0.790. The van der Waals surface area contributed by atoms with Crippen molar-refractivity contribution in [2.75, 3.05) is 13.1 Å². The molecule has 1 aromatic heterocycles. The molecule has 6 heteroatoms. The highest BCUT2D eigenvalue weighted by atomic mass is 19.2. The molecule has 0 aliphatic heterocycles. The molecule has 108 valence electrons. The fraction of sp³-hybridized carbons (Fsp3) is 0.357. The van der Waals surface area contributed by atoms with Crippen LogP contribution < -0.4 is 5.32 Å². The lowest BCUT2D eigenvalue weighted by atomic mass is 10.1. The minimum atomic E-state index is -0.949. The van der Waals surface area contributed by atoms with Gasteiger partial charge in [0.15, 0.2) is 11.6 Å². The second kappa shape index (κ2) is 6.58. The van der Waals surface area contributed by atoms with Gasteiger partial charge in [0.25, 0.3) is 0 Å². The summed E-state index contributed by atoms with van der Waals surface area (Å²) in [7, 11) is 1.92. The highest BCUT2D eigenvalue weighted by Gasteiger charge is 2.10. The summed E-state index contributed by atoms with van der Waals surface area (Å²) in [5.41, 5.74) is 0.355. The van der Waals surface area contributed by atoms with E-state index in [-0.39, 0.29) is 6.54 Å². The monoisotopic (exact) mass is 281 g/mol. The molecular weight excluding hydrogens is 264 g/mol. The topological polar surface area (TPSA) is 50.1 Å². The van der Waals surface area contributed by atoms with Gasteiger partial charge in [0.2, 0.25) is 0 Å². The molecule has 2 aromatic rings. The summed E-state index contributed by atoms with van der Waals surface area (Å²) in [5, 5.41) is 12.9. The minimum absolute atomic E-state index is 0.273. The van der Waals surface area contributed by atoms with Crippen molar-refractivity contribution in [3.05, 3.63) is 53.6 Å². The van der Waals surface area contributed by atoms with Gasteiger partial charge in [-0.25, -0.2) is 13.8 Å². The number of benzene rings is 1. The number of halogens is 2. The molecule has 1 unspecified atom stereocenters. The fourth-order valence-electron chi connectivity index (χ4n) is 1.91. The summed E-state index contributed by atoms with van der Waals surface area (Å²) in [6, 6.07) is 3.41. The van der Waals surface area contributed by atoms with Crippen LogP contribution in [-0.2, 0) is 13.5 Å². The van der Waals surface area contributed by atoms with Crippen molar-refractivity contribution in [3.63, 3.8) is 0 Å². The zero-order valence-corrected chi connectivity index (χ0v) is 11.2. The summed E-state index contributed by atoms with van der Waals surface area (Å²) in [6.45, 7) is 0.918. The molecule has 0 saturated carbocycles. The van der Waals surface area contributed by atoms with Gasteiger partial charge in [0.05, 0.1) is 6.10 Å². The van der Waals surface area contributed by atoms with E-state index >= 15 is 0 Å². The van der Waals surface area contributed by atoms with Gasteiger partial charge in [-0.1, -0.05) is 6.07 Å². The molecule has 0 bridgehead atoms. The van der Waals surface area contributed by atoms with E-state index < -0.39 is 17.7 Å². The highest BCUT2D eigenvalue weighted by Crippen LogP contribution is 2.15.